The van der Waals surface area contributed by atoms with Gasteiger partial charge in [-0.05, 0) is 25.2 Å². The van der Waals surface area contributed by atoms with E-state index in [1.807, 2.05) is 0 Å². The fourth-order valence-corrected chi connectivity index (χ4v) is 4.23. The number of sulfone groups is 1. The SMILES string of the molecule is CC(C)CC(N)C1CCCCS1(=O)=O. The molecule has 2 unspecified atom stereocenters. The Kier molecular flexibility index (Phi) is 3.95. The lowest BCUT2D eigenvalue weighted by atomic mass is 9.99. The molecule has 0 saturated carbocycles. The molecular weight excluding hydrogens is 198 g/mol. The van der Waals surface area contributed by atoms with E-state index in [-0.39, 0.29) is 11.3 Å². The van der Waals surface area contributed by atoms with Crippen molar-refractivity contribution in [2.75, 3.05) is 5.75 Å². The van der Waals surface area contributed by atoms with Gasteiger partial charge in [0.25, 0.3) is 0 Å². The minimum atomic E-state index is -2.89. The van der Waals surface area contributed by atoms with E-state index in [4.69, 9.17) is 5.73 Å². The monoisotopic (exact) mass is 219 g/mol. The van der Waals surface area contributed by atoms with Crippen LogP contribution in [0.25, 0.3) is 0 Å². The van der Waals surface area contributed by atoms with E-state index in [1.165, 1.54) is 0 Å². The maximum absolute atomic E-state index is 11.7. The van der Waals surface area contributed by atoms with Crippen LogP contribution in [0.4, 0.5) is 0 Å². The summed E-state index contributed by atoms with van der Waals surface area (Å²) >= 11 is 0. The summed E-state index contributed by atoms with van der Waals surface area (Å²) in [5, 5.41) is -0.279. The van der Waals surface area contributed by atoms with Gasteiger partial charge in [-0.15, -0.1) is 0 Å². The van der Waals surface area contributed by atoms with Crippen LogP contribution in [-0.4, -0.2) is 25.5 Å². The molecule has 0 spiro atoms. The smallest absolute Gasteiger partial charge is 0.154 e. The van der Waals surface area contributed by atoms with E-state index in [9.17, 15) is 8.42 Å². The highest BCUT2D eigenvalue weighted by Crippen LogP contribution is 2.24. The van der Waals surface area contributed by atoms with E-state index in [1.54, 1.807) is 0 Å². The third kappa shape index (κ3) is 2.95. The summed E-state index contributed by atoms with van der Waals surface area (Å²) in [5.74, 6) is 0.811. The largest absolute Gasteiger partial charge is 0.327 e. The molecule has 1 aliphatic rings. The molecule has 84 valence electrons. The molecule has 14 heavy (non-hydrogen) atoms. The second-order valence-electron chi connectivity index (χ2n) is 4.69. The van der Waals surface area contributed by atoms with E-state index < -0.39 is 9.84 Å². The summed E-state index contributed by atoms with van der Waals surface area (Å²) in [6.07, 6.45) is 3.39. The highest BCUT2D eigenvalue weighted by molar-refractivity contribution is 7.92. The summed E-state index contributed by atoms with van der Waals surface area (Å²) in [7, 11) is -2.89. The molecule has 1 rings (SSSR count). The summed E-state index contributed by atoms with van der Waals surface area (Å²) in [5.41, 5.74) is 5.95. The average molecular weight is 219 g/mol. The van der Waals surface area contributed by atoms with Crippen LogP contribution in [0.5, 0.6) is 0 Å². The van der Waals surface area contributed by atoms with Crippen molar-refractivity contribution in [3.63, 3.8) is 0 Å². The van der Waals surface area contributed by atoms with E-state index in [2.05, 4.69) is 13.8 Å². The molecule has 3 nitrogen and oxygen atoms in total. The molecule has 0 aromatic rings. The summed E-state index contributed by atoms with van der Waals surface area (Å²) in [4.78, 5) is 0. The number of rotatable bonds is 3. The van der Waals surface area contributed by atoms with Crippen LogP contribution in [0, 0.1) is 5.92 Å². The fraction of sp³-hybridized carbons (Fsp3) is 1.00. The molecule has 0 amide bonds. The van der Waals surface area contributed by atoms with Gasteiger partial charge in [-0.2, -0.15) is 0 Å². The number of nitrogens with two attached hydrogens (primary N) is 1. The number of hydrogen-bond donors (Lipinski definition) is 1. The lowest BCUT2D eigenvalue weighted by molar-refractivity contribution is 0.437. The van der Waals surface area contributed by atoms with Gasteiger partial charge in [0, 0.05) is 6.04 Å². The first kappa shape index (κ1) is 12.0. The Balaban J connectivity index is 2.65. The van der Waals surface area contributed by atoms with Crippen LogP contribution in [0.3, 0.4) is 0 Å². The van der Waals surface area contributed by atoms with Crippen molar-refractivity contribution in [3.05, 3.63) is 0 Å². The molecule has 0 bridgehead atoms. The van der Waals surface area contributed by atoms with Crippen LogP contribution >= 0.6 is 0 Å². The normalized spacial score (nSPS) is 29.0. The van der Waals surface area contributed by atoms with Gasteiger partial charge in [0.15, 0.2) is 9.84 Å². The molecule has 0 aromatic heterocycles. The van der Waals surface area contributed by atoms with Crippen molar-refractivity contribution in [2.45, 2.75) is 50.8 Å². The molecular formula is C10H21NO2S. The lowest BCUT2D eigenvalue weighted by Gasteiger charge is -2.28. The van der Waals surface area contributed by atoms with E-state index in [0.717, 1.165) is 25.7 Å². The van der Waals surface area contributed by atoms with Crippen molar-refractivity contribution in [2.24, 2.45) is 11.7 Å². The van der Waals surface area contributed by atoms with Crippen LogP contribution in [-0.2, 0) is 9.84 Å². The molecule has 2 N–H and O–H groups in total. The molecule has 4 heteroatoms. The molecule has 0 aliphatic carbocycles. The molecule has 1 heterocycles. The highest BCUT2D eigenvalue weighted by atomic mass is 32.2. The standard InChI is InChI=1S/C10H21NO2S/c1-8(2)7-9(11)10-5-3-4-6-14(10,12)13/h8-10H,3-7,11H2,1-2H3. The van der Waals surface area contributed by atoms with Crippen molar-refractivity contribution >= 4 is 9.84 Å². The second kappa shape index (κ2) is 4.62. The Morgan fingerprint density at radius 2 is 2.00 bits per heavy atom. The zero-order valence-electron chi connectivity index (χ0n) is 9.07. The first-order chi connectivity index (χ1) is 6.43. The third-order valence-corrected chi connectivity index (χ3v) is 5.22. The number of hydrogen-bond acceptors (Lipinski definition) is 3. The Morgan fingerprint density at radius 3 is 2.50 bits per heavy atom. The zero-order chi connectivity index (χ0) is 10.8. The lowest BCUT2D eigenvalue weighted by Crippen LogP contribution is -2.44. The topological polar surface area (TPSA) is 60.2 Å². The molecule has 1 aliphatic heterocycles. The maximum Gasteiger partial charge on any atom is 0.154 e. The van der Waals surface area contributed by atoms with Gasteiger partial charge in [-0.3, -0.25) is 0 Å². The summed E-state index contributed by atoms with van der Waals surface area (Å²) in [6.45, 7) is 4.16. The minimum Gasteiger partial charge on any atom is -0.327 e. The van der Waals surface area contributed by atoms with Crippen LogP contribution in [0.1, 0.15) is 39.5 Å². The second-order valence-corrected chi connectivity index (χ2v) is 7.03. The Morgan fingerprint density at radius 1 is 1.36 bits per heavy atom. The first-order valence-electron chi connectivity index (χ1n) is 5.40. The van der Waals surface area contributed by atoms with Gasteiger partial charge in [-0.1, -0.05) is 20.3 Å². The van der Waals surface area contributed by atoms with Gasteiger partial charge in [-0.25, -0.2) is 8.42 Å². The predicted molar refractivity (Wildman–Crippen MR) is 58.9 cm³/mol. The Bertz CT molecular complexity index is 272. The summed E-state index contributed by atoms with van der Waals surface area (Å²) < 4.78 is 23.4. The van der Waals surface area contributed by atoms with E-state index >= 15 is 0 Å². The molecule has 1 fully saturated rings. The van der Waals surface area contributed by atoms with Crippen molar-refractivity contribution in [3.8, 4) is 0 Å². The van der Waals surface area contributed by atoms with E-state index in [0.29, 0.717) is 11.7 Å². The minimum absolute atomic E-state index is 0.166. The van der Waals surface area contributed by atoms with Crippen molar-refractivity contribution < 1.29 is 8.42 Å². The Hall–Kier alpha value is -0.0900. The fourth-order valence-electron chi connectivity index (χ4n) is 2.16. The summed E-state index contributed by atoms with van der Waals surface area (Å²) in [6, 6.07) is -0.166. The van der Waals surface area contributed by atoms with Gasteiger partial charge in [0.2, 0.25) is 0 Å². The average Bonchev–Trinajstić information content (AvgIpc) is 2.01. The maximum atomic E-state index is 11.7. The van der Waals surface area contributed by atoms with Gasteiger partial charge >= 0.3 is 0 Å². The molecule has 0 radical (unpaired) electrons. The molecule has 0 aromatic carbocycles. The van der Waals surface area contributed by atoms with Gasteiger partial charge in [0.05, 0.1) is 11.0 Å². The van der Waals surface area contributed by atoms with Crippen LogP contribution < -0.4 is 5.73 Å². The Labute approximate surface area is 87.0 Å². The van der Waals surface area contributed by atoms with Crippen LogP contribution in [0.15, 0.2) is 0 Å². The molecule has 2 atom stereocenters. The quantitative estimate of drug-likeness (QED) is 0.779. The first-order valence-corrected chi connectivity index (χ1v) is 7.12. The zero-order valence-corrected chi connectivity index (χ0v) is 9.89. The predicted octanol–water partition coefficient (Wildman–Crippen LogP) is 1.33. The van der Waals surface area contributed by atoms with Crippen molar-refractivity contribution in [1.82, 2.24) is 0 Å². The van der Waals surface area contributed by atoms with Gasteiger partial charge < -0.3 is 5.73 Å². The highest BCUT2D eigenvalue weighted by Gasteiger charge is 2.33. The molecule has 1 saturated heterocycles. The van der Waals surface area contributed by atoms with Crippen LogP contribution in [0.2, 0.25) is 0 Å². The third-order valence-electron chi connectivity index (χ3n) is 2.85. The van der Waals surface area contributed by atoms with Crippen molar-refractivity contribution in [1.29, 1.82) is 0 Å². The van der Waals surface area contributed by atoms with Gasteiger partial charge in [0.1, 0.15) is 0 Å².